The van der Waals surface area contributed by atoms with E-state index in [1.54, 1.807) is 27.8 Å². The Labute approximate surface area is 360 Å². The van der Waals surface area contributed by atoms with E-state index in [0.717, 1.165) is 34.8 Å². The van der Waals surface area contributed by atoms with Crippen LogP contribution in [0.3, 0.4) is 0 Å². The van der Waals surface area contributed by atoms with Gasteiger partial charge in [0.2, 0.25) is 0 Å². The lowest BCUT2D eigenvalue weighted by Gasteiger charge is -2.56. The zero-order chi connectivity index (χ0) is 41.2. The van der Waals surface area contributed by atoms with Crippen molar-refractivity contribution in [3.05, 3.63) is 86.0 Å². The maximum absolute atomic E-state index is 11.4. The highest BCUT2D eigenvalue weighted by Gasteiger charge is 2.68. The van der Waals surface area contributed by atoms with E-state index < -0.39 is 0 Å². The van der Waals surface area contributed by atoms with Crippen molar-refractivity contribution in [2.75, 3.05) is 0 Å². The van der Waals surface area contributed by atoms with Crippen LogP contribution in [0.4, 0.5) is 0 Å². The smallest absolute Gasteiger partial charge is 0.0995 e. The van der Waals surface area contributed by atoms with Crippen molar-refractivity contribution in [1.82, 2.24) is 4.40 Å². The van der Waals surface area contributed by atoms with Gasteiger partial charge in [0.1, 0.15) is 0 Å². The van der Waals surface area contributed by atoms with Crippen molar-refractivity contribution in [2.45, 2.75) is 165 Å². The number of rotatable bonds is 0. The molecule has 304 valence electrons. The topological polar surface area (TPSA) is 52.0 Å². The lowest BCUT2D eigenvalue weighted by Crippen LogP contribution is -2.50. The van der Waals surface area contributed by atoms with Crippen molar-refractivity contribution in [3.63, 3.8) is 0 Å². The zero-order valence-corrected chi connectivity index (χ0v) is 37.4. The summed E-state index contributed by atoms with van der Waals surface area (Å²) < 4.78 is 2.71. The maximum Gasteiger partial charge on any atom is 0.0995 e. The summed E-state index contributed by atoms with van der Waals surface area (Å²) in [5, 5.41) is 28.7. The molecular formula is C58H57N3. The Morgan fingerprint density at radius 1 is 0.492 bits per heavy atom. The molecule has 10 aliphatic rings. The van der Waals surface area contributed by atoms with Crippen molar-refractivity contribution in [1.29, 1.82) is 10.5 Å². The van der Waals surface area contributed by atoms with Crippen molar-refractivity contribution in [2.24, 2.45) is 34.5 Å². The van der Waals surface area contributed by atoms with Gasteiger partial charge in [-0.25, -0.2) is 0 Å². The third-order valence-corrected chi connectivity index (χ3v) is 23.5. The first kappa shape index (κ1) is 34.2. The molecule has 3 heteroatoms. The minimum absolute atomic E-state index is 0.130. The molecule has 6 aromatic rings. The molecule has 6 saturated carbocycles. The average molecular weight is 796 g/mol. The van der Waals surface area contributed by atoms with E-state index in [1.165, 1.54) is 130 Å². The molecule has 10 unspecified atom stereocenters. The summed E-state index contributed by atoms with van der Waals surface area (Å²) >= 11 is 0. The number of hydrogen-bond donors (Lipinski definition) is 0. The predicted molar refractivity (Wildman–Crippen MR) is 244 cm³/mol. The quantitative estimate of drug-likeness (QED) is 0.154. The number of aromatic nitrogens is 1. The molecule has 0 N–H and O–H groups in total. The van der Waals surface area contributed by atoms with Gasteiger partial charge in [0.25, 0.3) is 0 Å². The molecule has 6 fully saturated rings. The van der Waals surface area contributed by atoms with Crippen LogP contribution in [0.1, 0.15) is 199 Å². The second kappa shape index (κ2) is 9.45. The molecule has 2 aromatic heterocycles. The molecule has 16 rings (SSSR count). The predicted octanol–water partition coefficient (Wildman–Crippen LogP) is 14.2. The van der Waals surface area contributed by atoms with E-state index in [2.05, 4.69) is 102 Å². The summed E-state index contributed by atoms with van der Waals surface area (Å²) in [6.45, 7) is 20.5. The van der Waals surface area contributed by atoms with E-state index in [4.69, 9.17) is 0 Å². The van der Waals surface area contributed by atoms with Crippen LogP contribution in [0.5, 0.6) is 0 Å². The Morgan fingerprint density at radius 2 is 0.885 bits per heavy atom. The highest BCUT2D eigenvalue weighted by Crippen LogP contribution is 2.79. The fraction of sp³-hybridized carbons (Fsp3) is 0.552. The van der Waals surface area contributed by atoms with Gasteiger partial charge < -0.3 is 4.40 Å². The second-order valence-electron chi connectivity index (χ2n) is 25.6. The molecule has 0 aliphatic heterocycles. The number of nitriles is 2. The van der Waals surface area contributed by atoms with Crippen LogP contribution in [0, 0.1) is 57.2 Å². The summed E-state index contributed by atoms with van der Waals surface area (Å²) in [7, 11) is 0. The van der Waals surface area contributed by atoms with Gasteiger partial charge in [-0.15, -0.1) is 0 Å². The largest absolute Gasteiger partial charge is 0.308 e. The Morgan fingerprint density at radius 3 is 1.28 bits per heavy atom. The number of hydrogen-bond acceptors (Lipinski definition) is 2. The molecule has 0 saturated heterocycles. The van der Waals surface area contributed by atoms with E-state index in [-0.39, 0.29) is 21.7 Å². The van der Waals surface area contributed by atoms with Crippen LogP contribution in [-0.2, 0) is 21.7 Å². The van der Waals surface area contributed by atoms with Crippen LogP contribution in [0.2, 0.25) is 0 Å². The van der Waals surface area contributed by atoms with Gasteiger partial charge in [-0.3, -0.25) is 0 Å². The highest BCUT2D eigenvalue weighted by atomic mass is 14.9. The second-order valence-corrected chi connectivity index (χ2v) is 25.6. The Bertz CT molecular complexity index is 3100. The Kier molecular flexibility index (Phi) is 5.30. The molecule has 2 heterocycles. The third-order valence-electron chi connectivity index (χ3n) is 23.5. The van der Waals surface area contributed by atoms with Crippen molar-refractivity contribution in [3.8, 4) is 23.3 Å². The normalized spacial score (nSPS) is 37.8. The van der Waals surface area contributed by atoms with Crippen molar-refractivity contribution >= 4 is 38.1 Å². The molecule has 10 aliphatic carbocycles. The minimum atomic E-state index is -0.192. The van der Waals surface area contributed by atoms with Crippen LogP contribution >= 0.6 is 0 Å². The summed E-state index contributed by atoms with van der Waals surface area (Å²) in [6.07, 6.45) is 13.2. The molecule has 4 aromatic carbocycles. The molecule has 0 radical (unpaired) electrons. The lowest BCUT2D eigenvalue weighted by atomic mass is 9.47. The van der Waals surface area contributed by atoms with Crippen LogP contribution in [0.15, 0.2) is 30.3 Å². The van der Waals surface area contributed by atoms with Gasteiger partial charge in [0, 0.05) is 32.4 Å². The standard InChI is InChI=1S/C58H57N3/c1-53(2)36-10-9-11-37-44(36)47-50(55(53,5)6)48-45-38(16-30(24-59)40-26-12-32-18-34-14-28(42(40)45)22-57(32,34)20-26)61-39-17-31(25-60)41-27-13-33-19-35-15-29(23-58(33,35)21-27)43(41)46(39)49(52(48)61)51(47)56(7,8)54(37,3)4/h9-11,16-17,26-29,32-35H,12-15,18-23H2,1-8H3. The first-order valence-corrected chi connectivity index (χ1v) is 24.5. The van der Waals surface area contributed by atoms with E-state index in [9.17, 15) is 10.5 Å². The summed E-state index contributed by atoms with van der Waals surface area (Å²) in [5.74, 6) is 5.40. The monoisotopic (exact) mass is 795 g/mol. The summed E-state index contributed by atoms with van der Waals surface area (Å²) in [5.41, 5.74) is 21.4. The van der Waals surface area contributed by atoms with Gasteiger partial charge in [-0.1, -0.05) is 73.6 Å². The van der Waals surface area contributed by atoms with Crippen molar-refractivity contribution < 1.29 is 0 Å². The lowest BCUT2D eigenvalue weighted by molar-refractivity contribution is 0.00321. The van der Waals surface area contributed by atoms with Crippen LogP contribution in [0.25, 0.3) is 49.2 Å². The first-order chi connectivity index (χ1) is 29.1. The number of benzene rings is 4. The van der Waals surface area contributed by atoms with Gasteiger partial charge in [0.15, 0.2) is 0 Å². The zero-order valence-electron chi connectivity index (χ0n) is 37.4. The molecule has 6 bridgehead atoms. The maximum atomic E-state index is 11.4. The van der Waals surface area contributed by atoms with E-state index in [0.29, 0.717) is 34.5 Å². The van der Waals surface area contributed by atoms with Crippen LogP contribution < -0.4 is 0 Å². The van der Waals surface area contributed by atoms with Gasteiger partial charge in [-0.2, -0.15) is 10.5 Å². The van der Waals surface area contributed by atoms with Crippen LogP contribution in [-0.4, -0.2) is 4.40 Å². The first-order valence-electron chi connectivity index (χ1n) is 24.5. The summed E-state index contributed by atoms with van der Waals surface area (Å²) in [6, 6.07) is 17.9. The molecule has 0 amide bonds. The van der Waals surface area contributed by atoms with Gasteiger partial charge in [0.05, 0.1) is 39.8 Å². The minimum Gasteiger partial charge on any atom is -0.308 e. The Balaban J connectivity index is 1.21. The molecule has 10 atom stereocenters. The average Bonchev–Trinajstić information content (AvgIpc) is 4.00. The summed E-state index contributed by atoms with van der Waals surface area (Å²) in [4.78, 5) is 0. The fourth-order valence-corrected chi connectivity index (χ4v) is 19.9. The third kappa shape index (κ3) is 3.09. The van der Waals surface area contributed by atoms with Gasteiger partial charge >= 0.3 is 0 Å². The highest BCUT2D eigenvalue weighted by molar-refractivity contribution is 6.30. The van der Waals surface area contributed by atoms with E-state index in [1.807, 2.05) is 0 Å². The van der Waals surface area contributed by atoms with E-state index >= 15 is 0 Å². The molecule has 3 nitrogen and oxygen atoms in total. The fourth-order valence-electron chi connectivity index (χ4n) is 19.9. The molecule has 2 spiro atoms. The number of nitrogens with zero attached hydrogens (tertiary/aromatic N) is 3. The Hall–Kier alpha value is -4.34. The molecular weight excluding hydrogens is 739 g/mol. The van der Waals surface area contributed by atoms with Gasteiger partial charge in [-0.05, 0) is 201 Å². The number of fused-ring (bicyclic) bond motifs is 20. The molecule has 61 heavy (non-hydrogen) atoms. The SMILES string of the molecule is CC1(C)c2cccc3c2-c2c(c4c5c6c(c(C#N)cc5n5c7cc(C#N)c8c(c7c(c2C(C)(C)C3(C)C)c45)C2CC3CC4CC8CC43C2)C2CC3CC4CC6CC34C2)C1(C)C.